The van der Waals surface area contributed by atoms with Crippen molar-refractivity contribution < 1.29 is 13.9 Å². The van der Waals surface area contributed by atoms with Gasteiger partial charge in [-0.25, -0.2) is 4.39 Å². The number of nitrogen functional groups attached to an aromatic ring is 1. The average Bonchev–Trinajstić information content (AvgIpc) is 2.36. The zero-order valence-corrected chi connectivity index (χ0v) is 10.3. The van der Waals surface area contributed by atoms with E-state index in [4.69, 9.17) is 16.2 Å². The molecule has 2 aromatic carbocycles. The molecule has 2 rings (SSSR count). The van der Waals surface area contributed by atoms with Crippen molar-refractivity contribution in [2.24, 2.45) is 5.73 Å². The van der Waals surface area contributed by atoms with Gasteiger partial charge in [0.1, 0.15) is 11.6 Å². The molecule has 0 aromatic heterocycles. The molecule has 4 nitrogen and oxygen atoms in total. The lowest BCUT2D eigenvalue weighted by Crippen LogP contribution is -2.12. The molecule has 2 aromatic rings. The predicted octanol–water partition coefficient (Wildman–Crippen LogP) is 2.61. The maximum absolute atomic E-state index is 13.3. The number of primary amides is 1. The number of aryl methyl sites for hydroxylation is 1. The first-order valence-corrected chi connectivity index (χ1v) is 5.61. The van der Waals surface area contributed by atoms with Gasteiger partial charge < -0.3 is 16.2 Å². The van der Waals surface area contributed by atoms with Crippen LogP contribution in [0.4, 0.5) is 10.1 Å². The van der Waals surface area contributed by atoms with Crippen molar-refractivity contribution in [3.05, 3.63) is 53.3 Å². The van der Waals surface area contributed by atoms with E-state index >= 15 is 0 Å². The number of nitrogens with two attached hydrogens (primary N) is 2. The lowest BCUT2D eigenvalue weighted by molar-refractivity contribution is 0.0998. The van der Waals surface area contributed by atoms with Crippen LogP contribution in [0.25, 0.3) is 0 Å². The summed E-state index contributed by atoms with van der Waals surface area (Å²) in [4.78, 5) is 11.3. The molecular formula is C14H13FN2O2. The fourth-order valence-corrected chi connectivity index (χ4v) is 1.64. The summed E-state index contributed by atoms with van der Waals surface area (Å²) in [6.45, 7) is 1.60. The molecule has 0 bridgehead atoms. The number of rotatable bonds is 3. The number of carbonyl (C=O) groups excluding carboxylic acids is 1. The minimum absolute atomic E-state index is 0.155. The summed E-state index contributed by atoms with van der Waals surface area (Å²) in [6.07, 6.45) is 0. The van der Waals surface area contributed by atoms with Gasteiger partial charge in [0, 0.05) is 6.07 Å². The third-order valence-electron chi connectivity index (χ3n) is 2.66. The van der Waals surface area contributed by atoms with Crippen LogP contribution in [0.2, 0.25) is 0 Å². The summed E-state index contributed by atoms with van der Waals surface area (Å²) in [5, 5.41) is 0. The third kappa shape index (κ3) is 2.65. The number of hydrogen-bond acceptors (Lipinski definition) is 3. The Hall–Kier alpha value is -2.56. The van der Waals surface area contributed by atoms with Gasteiger partial charge in [-0.2, -0.15) is 0 Å². The lowest BCUT2D eigenvalue weighted by atomic mass is 10.1. The van der Waals surface area contributed by atoms with Crippen molar-refractivity contribution in [3.8, 4) is 11.5 Å². The van der Waals surface area contributed by atoms with E-state index in [0.717, 1.165) is 0 Å². The van der Waals surface area contributed by atoms with Crippen LogP contribution in [0, 0.1) is 12.7 Å². The molecule has 0 saturated carbocycles. The van der Waals surface area contributed by atoms with Gasteiger partial charge >= 0.3 is 0 Å². The molecule has 0 aliphatic carbocycles. The summed E-state index contributed by atoms with van der Waals surface area (Å²) in [5.74, 6) is -0.443. The molecule has 98 valence electrons. The number of anilines is 1. The van der Waals surface area contributed by atoms with Crippen LogP contribution in [-0.2, 0) is 0 Å². The van der Waals surface area contributed by atoms with Crippen LogP contribution in [0.3, 0.4) is 0 Å². The van der Waals surface area contributed by atoms with Crippen molar-refractivity contribution in [3.63, 3.8) is 0 Å². The van der Waals surface area contributed by atoms with Gasteiger partial charge in [-0.1, -0.05) is 12.1 Å². The van der Waals surface area contributed by atoms with Crippen molar-refractivity contribution in [2.45, 2.75) is 6.92 Å². The number of amides is 1. The SMILES string of the molecule is Cc1cc(Oc2ccccc2C(N)=O)c(N)cc1F. The molecule has 0 fully saturated rings. The summed E-state index contributed by atoms with van der Waals surface area (Å²) in [7, 11) is 0. The first-order chi connectivity index (χ1) is 8.99. The second-order valence-electron chi connectivity index (χ2n) is 4.10. The highest BCUT2D eigenvalue weighted by Gasteiger charge is 2.12. The van der Waals surface area contributed by atoms with Crippen LogP contribution in [0.1, 0.15) is 15.9 Å². The number of ether oxygens (including phenoxy) is 1. The fraction of sp³-hybridized carbons (Fsp3) is 0.0714. The number of para-hydroxylation sites is 1. The van der Waals surface area contributed by atoms with Gasteiger partial charge in [-0.15, -0.1) is 0 Å². The summed E-state index contributed by atoms with van der Waals surface area (Å²) < 4.78 is 18.8. The standard InChI is InChI=1S/C14H13FN2O2/c1-8-6-13(11(16)7-10(8)15)19-12-5-3-2-4-9(12)14(17)18/h2-7H,16H2,1H3,(H2,17,18). The molecule has 0 heterocycles. The first-order valence-electron chi connectivity index (χ1n) is 5.61. The average molecular weight is 260 g/mol. The molecule has 0 aliphatic heterocycles. The molecule has 4 N–H and O–H groups in total. The number of carbonyl (C=O) groups is 1. The maximum atomic E-state index is 13.3. The van der Waals surface area contributed by atoms with E-state index in [0.29, 0.717) is 5.56 Å². The highest BCUT2D eigenvalue weighted by Crippen LogP contribution is 2.31. The Kier molecular flexibility index (Phi) is 3.37. The number of benzene rings is 2. The normalized spacial score (nSPS) is 10.2. The van der Waals surface area contributed by atoms with E-state index in [1.54, 1.807) is 31.2 Å². The molecule has 1 amide bonds. The second-order valence-corrected chi connectivity index (χ2v) is 4.10. The topological polar surface area (TPSA) is 78.3 Å². The Morgan fingerprint density at radius 2 is 1.89 bits per heavy atom. The van der Waals surface area contributed by atoms with E-state index < -0.39 is 11.7 Å². The monoisotopic (exact) mass is 260 g/mol. The van der Waals surface area contributed by atoms with Crippen molar-refractivity contribution in [1.82, 2.24) is 0 Å². The molecule has 0 aliphatic rings. The van der Waals surface area contributed by atoms with Crippen molar-refractivity contribution in [2.75, 3.05) is 5.73 Å². The van der Waals surface area contributed by atoms with Crippen LogP contribution in [-0.4, -0.2) is 5.91 Å². The van der Waals surface area contributed by atoms with E-state index in [-0.39, 0.29) is 22.7 Å². The zero-order valence-electron chi connectivity index (χ0n) is 10.3. The van der Waals surface area contributed by atoms with E-state index in [1.807, 2.05) is 0 Å². The molecule has 0 saturated heterocycles. The summed E-state index contributed by atoms with van der Waals surface area (Å²) >= 11 is 0. The quantitative estimate of drug-likeness (QED) is 0.832. The fourth-order valence-electron chi connectivity index (χ4n) is 1.64. The van der Waals surface area contributed by atoms with E-state index in [9.17, 15) is 9.18 Å². The maximum Gasteiger partial charge on any atom is 0.252 e. The minimum atomic E-state index is -0.604. The molecule has 19 heavy (non-hydrogen) atoms. The molecule has 5 heteroatoms. The van der Waals surface area contributed by atoms with Crippen LogP contribution in [0.5, 0.6) is 11.5 Å². The molecule has 0 atom stereocenters. The highest BCUT2D eigenvalue weighted by atomic mass is 19.1. The zero-order chi connectivity index (χ0) is 14.0. The molecular weight excluding hydrogens is 247 g/mol. The lowest BCUT2D eigenvalue weighted by Gasteiger charge is -2.12. The third-order valence-corrected chi connectivity index (χ3v) is 2.66. The summed E-state index contributed by atoms with van der Waals surface area (Å²) in [6, 6.07) is 9.17. The van der Waals surface area contributed by atoms with Crippen molar-refractivity contribution >= 4 is 11.6 Å². The number of halogens is 1. The molecule has 0 unspecified atom stereocenters. The highest BCUT2D eigenvalue weighted by molar-refractivity contribution is 5.95. The minimum Gasteiger partial charge on any atom is -0.454 e. The molecule has 0 radical (unpaired) electrons. The van der Waals surface area contributed by atoms with Gasteiger partial charge in [-0.05, 0) is 30.7 Å². The Bertz CT molecular complexity index is 641. The Morgan fingerprint density at radius 1 is 1.21 bits per heavy atom. The smallest absolute Gasteiger partial charge is 0.252 e. The van der Waals surface area contributed by atoms with E-state index in [2.05, 4.69) is 0 Å². The van der Waals surface area contributed by atoms with Gasteiger partial charge in [0.05, 0.1) is 11.3 Å². The van der Waals surface area contributed by atoms with Crippen LogP contribution in [0.15, 0.2) is 36.4 Å². The van der Waals surface area contributed by atoms with Gasteiger partial charge in [0.25, 0.3) is 5.91 Å². The van der Waals surface area contributed by atoms with Gasteiger partial charge in [0.2, 0.25) is 0 Å². The number of hydrogen-bond donors (Lipinski definition) is 2. The van der Waals surface area contributed by atoms with Crippen LogP contribution >= 0.6 is 0 Å². The Labute approximate surface area is 109 Å². The predicted molar refractivity (Wildman–Crippen MR) is 70.6 cm³/mol. The first kappa shape index (κ1) is 12.9. The van der Waals surface area contributed by atoms with Gasteiger partial charge in [-0.3, -0.25) is 4.79 Å². The van der Waals surface area contributed by atoms with Gasteiger partial charge in [0.15, 0.2) is 5.75 Å². The largest absolute Gasteiger partial charge is 0.454 e. The Balaban J connectivity index is 2.42. The van der Waals surface area contributed by atoms with Crippen molar-refractivity contribution in [1.29, 1.82) is 0 Å². The molecule has 0 spiro atoms. The second kappa shape index (κ2) is 4.97. The van der Waals surface area contributed by atoms with E-state index in [1.165, 1.54) is 12.1 Å². The summed E-state index contributed by atoms with van der Waals surface area (Å²) in [5.41, 5.74) is 11.7. The van der Waals surface area contributed by atoms with Crippen LogP contribution < -0.4 is 16.2 Å². The Morgan fingerprint density at radius 3 is 2.58 bits per heavy atom.